The predicted molar refractivity (Wildman–Crippen MR) is 62.0 cm³/mol. The van der Waals surface area contributed by atoms with E-state index in [1.54, 1.807) is 10.9 Å². The Hall–Kier alpha value is -1.17. The van der Waals surface area contributed by atoms with Crippen molar-refractivity contribution in [3.8, 4) is 0 Å². The Bertz CT molecular complexity index is 399. The van der Waals surface area contributed by atoms with Crippen molar-refractivity contribution >= 4 is 28.4 Å². The average Bonchev–Trinajstić information content (AvgIpc) is 2.23. The molecule has 0 spiro atoms. The zero-order valence-electron chi connectivity index (χ0n) is 7.34. The van der Waals surface area contributed by atoms with Crippen molar-refractivity contribution in [1.82, 2.24) is 4.98 Å². The minimum atomic E-state index is 0.710. The monoisotopic (exact) mass is 297 g/mol. The minimum Gasteiger partial charge on any atom is -0.437 e. The number of hydrogen-bond donors (Lipinski definition) is 0. The lowest BCUT2D eigenvalue weighted by Gasteiger charge is -2.07. The maximum Gasteiger partial charge on any atom is 0.182 e. The molecule has 0 radical (unpaired) electrons. The first-order valence-corrected chi connectivity index (χ1v) is 5.22. The Morgan fingerprint density at radius 3 is 2.57 bits per heavy atom. The lowest BCUT2D eigenvalue weighted by Crippen LogP contribution is -2.26. The Labute approximate surface area is 95.9 Å². The maximum atomic E-state index is 4.28. The summed E-state index contributed by atoms with van der Waals surface area (Å²) in [6, 6.07) is 9.68. The molecule has 0 bridgehead atoms. The first kappa shape index (κ1) is 9.39. The van der Waals surface area contributed by atoms with E-state index < -0.39 is 0 Å². The number of nitrogens with zero attached hydrogens (tertiary/aromatic N) is 3. The van der Waals surface area contributed by atoms with Crippen LogP contribution >= 0.6 is 22.6 Å². The molecule has 2 rings (SSSR count). The molecule has 0 aliphatic carbocycles. The highest BCUT2D eigenvalue weighted by molar-refractivity contribution is 14.1. The van der Waals surface area contributed by atoms with Crippen LogP contribution in [0.25, 0.3) is 5.43 Å². The molecule has 0 fully saturated rings. The third kappa shape index (κ3) is 2.41. The van der Waals surface area contributed by atoms with Crippen LogP contribution in [0.4, 0.5) is 5.82 Å². The molecule has 0 saturated carbocycles. The fourth-order valence-electron chi connectivity index (χ4n) is 1.00. The molecule has 0 atom stereocenters. The highest BCUT2D eigenvalue weighted by Crippen LogP contribution is 2.12. The summed E-state index contributed by atoms with van der Waals surface area (Å²) in [5.41, 5.74) is 4.28. The van der Waals surface area contributed by atoms with E-state index in [2.05, 4.69) is 33.0 Å². The molecule has 4 heteroatoms. The van der Waals surface area contributed by atoms with Crippen molar-refractivity contribution < 1.29 is 4.68 Å². The van der Waals surface area contributed by atoms with Crippen LogP contribution in [0.15, 0.2) is 48.9 Å². The van der Waals surface area contributed by atoms with Crippen LogP contribution < -0.4 is 4.68 Å². The Morgan fingerprint density at radius 2 is 1.93 bits per heavy atom. The standard InChI is InChI=1S/C10H8IN3/c11-9-4-5-10(12-8-9)13-14-6-2-1-3-7-14/h1-8H. The molecule has 0 aliphatic rings. The molecule has 70 valence electrons. The Kier molecular flexibility index (Phi) is 2.93. The van der Waals surface area contributed by atoms with Crippen LogP contribution in [-0.2, 0) is 0 Å². The number of rotatable bonds is 2. The van der Waals surface area contributed by atoms with Crippen molar-refractivity contribution in [2.24, 2.45) is 0 Å². The van der Waals surface area contributed by atoms with Crippen LogP contribution in [-0.4, -0.2) is 4.98 Å². The summed E-state index contributed by atoms with van der Waals surface area (Å²) in [7, 11) is 0. The van der Waals surface area contributed by atoms with E-state index in [1.165, 1.54) is 0 Å². The summed E-state index contributed by atoms with van der Waals surface area (Å²) < 4.78 is 2.84. The van der Waals surface area contributed by atoms with E-state index in [4.69, 9.17) is 0 Å². The second-order valence-corrected chi connectivity index (χ2v) is 3.94. The summed E-state index contributed by atoms with van der Waals surface area (Å²) >= 11 is 2.22. The second kappa shape index (κ2) is 4.36. The summed E-state index contributed by atoms with van der Waals surface area (Å²) in [6.45, 7) is 0. The molecule has 0 aliphatic heterocycles. The normalized spacial score (nSPS) is 9.79. The zero-order chi connectivity index (χ0) is 9.80. The van der Waals surface area contributed by atoms with Crippen molar-refractivity contribution in [2.45, 2.75) is 0 Å². The van der Waals surface area contributed by atoms with E-state index in [-0.39, 0.29) is 0 Å². The molecular formula is C10H8IN3. The van der Waals surface area contributed by atoms with E-state index in [9.17, 15) is 0 Å². The zero-order valence-corrected chi connectivity index (χ0v) is 9.50. The number of aromatic nitrogens is 2. The molecule has 2 heterocycles. The molecule has 3 nitrogen and oxygen atoms in total. The van der Waals surface area contributed by atoms with Gasteiger partial charge in [-0.3, -0.25) is 0 Å². The van der Waals surface area contributed by atoms with Gasteiger partial charge < -0.3 is 4.98 Å². The van der Waals surface area contributed by atoms with Gasteiger partial charge in [0.2, 0.25) is 0 Å². The maximum absolute atomic E-state index is 4.28. The van der Waals surface area contributed by atoms with Gasteiger partial charge in [-0.15, -0.1) is 0 Å². The fourth-order valence-corrected chi connectivity index (χ4v) is 1.32. The van der Waals surface area contributed by atoms with Crippen molar-refractivity contribution in [1.29, 1.82) is 0 Å². The third-order valence-corrected chi connectivity index (χ3v) is 2.27. The third-order valence-electron chi connectivity index (χ3n) is 1.63. The van der Waals surface area contributed by atoms with Crippen LogP contribution in [0.1, 0.15) is 0 Å². The largest absolute Gasteiger partial charge is 0.437 e. The van der Waals surface area contributed by atoms with Gasteiger partial charge in [0.15, 0.2) is 12.4 Å². The highest BCUT2D eigenvalue weighted by Gasteiger charge is 1.91. The summed E-state index contributed by atoms with van der Waals surface area (Å²) in [6.07, 6.45) is 5.54. The van der Waals surface area contributed by atoms with Gasteiger partial charge in [-0.1, -0.05) is 18.3 Å². The van der Waals surface area contributed by atoms with E-state index in [1.807, 2.05) is 42.7 Å². The van der Waals surface area contributed by atoms with Crippen LogP contribution in [0, 0.1) is 3.57 Å². The van der Waals surface area contributed by atoms with Gasteiger partial charge in [-0.2, -0.15) is 10.1 Å². The van der Waals surface area contributed by atoms with Gasteiger partial charge in [0.25, 0.3) is 0 Å². The Balaban J connectivity index is 2.16. The smallest absolute Gasteiger partial charge is 0.182 e. The van der Waals surface area contributed by atoms with Crippen LogP contribution in [0.5, 0.6) is 0 Å². The number of halogens is 1. The van der Waals surface area contributed by atoms with E-state index in [0.29, 0.717) is 5.82 Å². The molecule has 0 unspecified atom stereocenters. The lowest BCUT2D eigenvalue weighted by molar-refractivity contribution is -0.619. The lowest BCUT2D eigenvalue weighted by atomic mass is 10.5. The highest BCUT2D eigenvalue weighted by atomic mass is 127. The molecule has 2 aromatic heterocycles. The van der Waals surface area contributed by atoms with Crippen molar-refractivity contribution in [2.75, 3.05) is 0 Å². The van der Waals surface area contributed by atoms with Crippen molar-refractivity contribution in [3.05, 3.63) is 57.9 Å². The van der Waals surface area contributed by atoms with E-state index >= 15 is 0 Å². The summed E-state index contributed by atoms with van der Waals surface area (Å²) in [5.74, 6) is 0.710. The number of hydrogen-bond acceptors (Lipinski definition) is 1. The first-order chi connectivity index (χ1) is 6.84. The SMILES string of the molecule is Ic1ccc([N-][n+]2ccccc2)nc1. The van der Waals surface area contributed by atoms with Gasteiger partial charge >= 0.3 is 0 Å². The van der Waals surface area contributed by atoms with Gasteiger partial charge in [-0.25, -0.2) is 0 Å². The molecular weight excluding hydrogens is 289 g/mol. The quantitative estimate of drug-likeness (QED) is 0.618. The van der Waals surface area contributed by atoms with Gasteiger partial charge in [0.1, 0.15) is 0 Å². The van der Waals surface area contributed by atoms with Gasteiger partial charge in [0.05, 0.1) is 0 Å². The molecule has 0 N–H and O–H groups in total. The van der Waals surface area contributed by atoms with Crippen LogP contribution in [0.3, 0.4) is 0 Å². The molecule has 14 heavy (non-hydrogen) atoms. The molecule has 2 aromatic rings. The first-order valence-electron chi connectivity index (χ1n) is 4.14. The van der Waals surface area contributed by atoms with Gasteiger partial charge in [0, 0.05) is 21.5 Å². The molecule has 0 aromatic carbocycles. The second-order valence-electron chi connectivity index (χ2n) is 2.69. The van der Waals surface area contributed by atoms with Crippen molar-refractivity contribution in [3.63, 3.8) is 0 Å². The van der Waals surface area contributed by atoms with Crippen LogP contribution in [0.2, 0.25) is 0 Å². The molecule has 0 saturated heterocycles. The van der Waals surface area contributed by atoms with E-state index in [0.717, 1.165) is 3.57 Å². The molecule has 0 amide bonds. The number of pyridine rings is 2. The fraction of sp³-hybridized carbons (Fsp3) is 0. The van der Waals surface area contributed by atoms with Gasteiger partial charge in [-0.05, 0) is 28.7 Å². The Morgan fingerprint density at radius 1 is 1.14 bits per heavy atom. The summed E-state index contributed by atoms with van der Waals surface area (Å²) in [5, 5.41) is 0. The summed E-state index contributed by atoms with van der Waals surface area (Å²) in [4.78, 5) is 4.18. The topological polar surface area (TPSA) is 30.9 Å². The average molecular weight is 297 g/mol. The predicted octanol–water partition coefficient (Wildman–Crippen LogP) is 2.44. The minimum absolute atomic E-state index is 0.710.